The molecule has 0 saturated heterocycles. The van der Waals surface area contributed by atoms with Crippen LogP contribution in [0.2, 0.25) is 0 Å². The van der Waals surface area contributed by atoms with E-state index in [0.29, 0.717) is 0 Å². The summed E-state index contributed by atoms with van der Waals surface area (Å²) in [5.74, 6) is 0. The maximum absolute atomic E-state index is 5.44. The molecule has 1 aromatic rings. The van der Waals surface area contributed by atoms with Gasteiger partial charge >= 0.3 is 0 Å². The molecular weight excluding hydrogens is 172 g/mol. The maximum Gasteiger partial charge on any atom is -0.00367 e. The monoisotopic (exact) mass is 194 g/mol. The number of benzene rings is 1. The molecule has 2 heteroatoms. The highest BCUT2D eigenvalue weighted by molar-refractivity contribution is 5.22. The third kappa shape index (κ3) is 5.00. The zero-order valence-corrected chi connectivity index (χ0v) is 9.29. The molecule has 0 aliphatic heterocycles. The van der Waals surface area contributed by atoms with Gasteiger partial charge in [-0.25, -0.2) is 0 Å². The van der Waals surface area contributed by atoms with E-state index < -0.39 is 0 Å². The summed E-state index contributed by atoms with van der Waals surface area (Å²) in [5, 5.41) is 0. The zero-order chi connectivity index (χ0) is 10.8. The van der Waals surface area contributed by atoms with Gasteiger partial charge in [0, 0.05) is 0 Å². The van der Waals surface area contributed by atoms with Gasteiger partial charge in [0.25, 0.3) is 0 Å². The number of rotatable bonds is 4. The van der Waals surface area contributed by atoms with E-state index in [1.165, 1.54) is 11.1 Å². The number of nitrogens with two attached hydrogens (primary N) is 2. The summed E-state index contributed by atoms with van der Waals surface area (Å²) in [6, 6.07) is 8.49. The summed E-state index contributed by atoms with van der Waals surface area (Å²) in [6.45, 7) is 5.44. The molecule has 4 N–H and O–H groups in total. The van der Waals surface area contributed by atoms with Crippen LogP contribution < -0.4 is 11.5 Å². The zero-order valence-electron chi connectivity index (χ0n) is 9.29. The third-order valence-electron chi connectivity index (χ3n) is 1.89. The second kappa shape index (κ2) is 8.73. The van der Waals surface area contributed by atoms with Gasteiger partial charge in [0.05, 0.1) is 0 Å². The predicted octanol–water partition coefficient (Wildman–Crippen LogP) is 1.72. The average Bonchev–Trinajstić information content (AvgIpc) is 2.25. The van der Waals surface area contributed by atoms with Gasteiger partial charge in [-0.2, -0.15) is 0 Å². The Balaban J connectivity index is 0.000000791. The van der Waals surface area contributed by atoms with Crippen LogP contribution in [0.1, 0.15) is 25.0 Å². The molecular formula is C12H22N2. The molecule has 0 radical (unpaired) electrons. The van der Waals surface area contributed by atoms with Crippen molar-refractivity contribution in [2.45, 2.75) is 26.7 Å². The Kier molecular flexibility index (Phi) is 8.19. The van der Waals surface area contributed by atoms with Crippen molar-refractivity contribution in [1.82, 2.24) is 0 Å². The summed E-state index contributed by atoms with van der Waals surface area (Å²) in [6.07, 6.45) is 1.92. The molecule has 1 aromatic carbocycles. The Morgan fingerprint density at radius 3 is 1.29 bits per heavy atom. The smallest absolute Gasteiger partial charge is 0.00367 e. The van der Waals surface area contributed by atoms with Crippen LogP contribution >= 0.6 is 0 Å². The van der Waals surface area contributed by atoms with Crippen molar-refractivity contribution < 1.29 is 0 Å². The molecule has 0 bridgehead atoms. The Morgan fingerprint density at radius 1 is 0.786 bits per heavy atom. The van der Waals surface area contributed by atoms with Crippen molar-refractivity contribution in [2.24, 2.45) is 11.5 Å². The minimum Gasteiger partial charge on any atom is -0.330 e. The minimum atomic E-state index is 0.718. The van der Waals surface area contributed by atoms with E-state index in [-0.39, 0.29) is 0 Å². The van der Waals surface area contributed by atoms with Crippen molar-refractivity contribution in [2.75, 3.05) is 13.1 Å². The van der Waals surface area contributed by atoms with Crippen LogP contribution in [0.4, 0.5) is 0 Å². The molecule has 0 aliphatic rings. The van der Waals surface area contributed by atoms with E-state index in [0.717, 1.165) is 25.9 Å². The van der Waals surface area contributed by atoms with Crippen molar-refractivity contribution in [1.29, 1.82) is 0 Å². The summed E-state index contributed by atoms with van der Waals surface area (Å²) >= 11 is 0. The highest BCUT2D eigenvalue weighted by Gasteiger charge is 1.92. The van der Waals surface area contributed by atoms with Crippen molar-refractivity contribution in [3.8, 4) is 0 Å². The lowest BCUT2D eigenvalue weighted by Gasteiger charge is -2.01. The third-order valence-corrected chi connectivity index (χ3v) is 1.89. The highest BCUT2D eigenvalue weighted by Crippen LogP contribution is 2.04. The van der Waals surface area contributed by atoms with Crippen LogP contribution in [0.25, 0.3) is 0 Å². The maximum atomic E-state index is 5.44. The first-order chi connectivity index (χ1) is 6.86. The topological polar surface area (TPSA) is 52.0 Å². The fraction of sp³-hybridized carbons (Fsp3) is 0.500. The fourth-order valence-electron chi connectivity index (χ4n) is 1.21. The van der Waals surface area contributed by atoms with Crippen LogP contribution in [0, 0.1) is 0 Å². The van der Waals surface area contributed by atoms with E-state index in [1.807, 2.05) is 13.8 Å². The van der Waals surface area contributed by atoms with Crippen LogP contribution in [0.15, 0.2) is 24.3 Å². The standard InChI is InChI=1S/C10H16N2.C2H6/c11-7-5-9-1-2-10(4-3-9)6-8-12;1-2/h1-4H,5-8,11-12H2;1-2H3. The van der Waals surface area contributed by atoms with E-state index in [4.69, 9.17) is 11.5 Å². The first-order valence-electron chi connectivity index (χ1n) is 5.34. The van der Waals surface area contributed by atoms with Crippen LogP contribution in [0.3, 0.4) is 0 Å². The van der Waals surface area contributed by atoms with Crippen LogP contribution in [-0.4, -0.2) is 13.1 Å². The van der Waals surface area contributed by atoms with Gasteiger partial charge in [0.15, 0.2) is 0 Å². The lowest BCUT2D eigenvalue weighted by molar-refractivity contribution is 0.949. The molecule has 80 valence electrons. The van der Waals surface area contributed by atoms with Gasteiger partial charge < -0.3 is 11.5 Å². The van der Waals surface area contributed by atoms with Gasteiger partial charge in [-0.1, -0.05) is 38.1 Å². The number of hydrogen-bond acceptors (Lipinski definition) is 2. The number of hydrogen-bond donors (Lipinski definition) is 2. The van der Waals surface area contributed by atoms with Crippen LogP contribution in [-0.2, 0) is 12.8 Å². The van der Waals surface area contributed by atoms with Gasteiger partial charge in [-0.3, -0.25) is 0 Å². The van der Waals surface area contributed by atoms with Crippen molar-refractivity contribution >= 4 is 0 Å². The second-order valence-electron chi connectivity index (χ2n) is 2.89. The molecule has 2 nitrogen and oxygen atoms in total. The molecule has 0 amide bonds. The molecule has 0 saturated carbocycles. The molecule has 0 aliphatic carbocycles. The molecule has 14 heavy (non-hydrogen) atoms. The molecule has 1 rings (SSSR count). The van der Waals surface area contributed by atoms with E-state index >= 15 is 0 Å². The predicted molar refractivity (Wildman–Crippen MR) is 63.3 cm³/mol. The summed E-state index contributed by atoms with van der Waals surface area (Å²) in [7, 11) is 0. The Bertz CT molecular complexity index is 191. The first-order valence-corrected chi connectivity index (χ1v) is 5.34. The molecule has 0 spiro atoms. The van der Waals surface area contributed by atoms with Gasteiger partial charge in [-0.15, -0.1) is 0 Å². The molecule has 0 heterocycles. The Labute approximate surface area is 87.3 Å². The SMILES string of the molecule is CC.NCCc1ccc(CCN)cc1. The molecule has 0 aromatic heterocycles. The average molecular weight is 194 g/mol. The largest absolute Gasteiger partial charge is 0.330 e. The second-order valence-corrected chi connectivity index (χ2v) is 2.89. The summed E-state index contributed by atoms with van der Waals surface area (Å²) in [4.78, 5) is 0. The molecule has 0 unspecified atom stereocenters. The van der Waals surface area contributed by atoms with Gasteiger partial charge in [0.2, 0.25) is 0 Å². The Hall–Kier alpha value is -0.860. The lowest BCUT2D eigenvalue weighted by atomic mass is 10.1. The van der Waals surface area contributed by atoms with Gasteiger partial charge in [-0.05, 0) is 37.1 Å². The van der Waals surface area contributed by atoms with E-state index in [9.17, 15) is 0 Å². The fourth-order valence-corrected chi connectivity index (χ4v) is 1.21. The van der Waals surface area contributed by atoms with Crippen molar-refractivity contribution in [3.05, 3.63) is 35.4 Å². The summed E-state index contributed by atoms with van der Waals surface area (Å²) in [5.41, 5.74) is 13.5. The van der Waals surface area contributed by atoms with Crippen LogP contribution in [0.5, 0.6) is 0 Å². The highest BCUT2D eigenvalue weighted by atomic mass is 14.5. The van der Waals surface area contributed by atoms with Gasteiger partial charge in [0.1, 0.15) is 0 Å². The minimum absolute atomic E-state index is 0.718. The normalized spacial score (nSPS) is 9.14. The quantitative estimate of drug-likeness (QED) is 0.766. The summed E-state index contributed by atoms with van der Waals surface area (Å²) < 4.78 is 0. The Morgan fingerprint density at radius 2 is 1.07 bits per heavy atom. The first kappa shape index (κ1) is 13.1. The lowest BCUT2D eigenvalue weighted by Crippen LogP contribution is -2.04. The molecule has 0 atom stereocenters. The molecule has 0 fully saturated rings. The van der Waals surface area contributed by atoms with E-state index in [2.05, 4.69) is 24.3 Å². The van der Waals surface area contributed by atoms with Crippen molar-refractivity contribution in [3.63, 3.8) is 0 Å². The van der Waals surface area contributed by atoms with E-state index in [1.54, 1.807) is 0 Å².